The second-order valence-corrected chi connectivity index (χ2v) is 8.54. The van der Waals surface area contributed by atoms with Gasteiger partial charge >= 0.3 is 0 Å². The molecule has 1 unspecified atom stereocenters. The van der Waals surface area contributed by atoms with E-state index in [9.17, 15) is 0 Å². The minimum absolute atomic E-state index is 0.0716. The van der Waals surface area contributed by atoms with E-state index in [-0.39, 0.29) is 6.04 Å². The van der Waals surface area contributed by atoms with Crippen LogP contribution < -0.4 is 9.91 Å². The summed E-state index contributed by atoms with van der Waals surface area (Å²) in [6, 6.07) is 25.0. The average molecular weight is 463 g/mol. The number of hydrazone groups is 1. The largest absolute Gasteiger partial charge is 0.465 e. The zero-order valence-electron chi connectivity index (χ0n) is 20.2. The number of anilines is 2. The average Bonchev–Trinajstić information content (AvgIpc) is 3.57. The highest BCUT2D eigenvalue weighted by molar-refractivity contribution is 6.01. The Morgan fingerprint density at radius 2 is 1.74 bits per heavy atom. The van der Waals surface area contributed by atoms with Crippen LogP contribution in [0.25, 0.3) is 23.1 Å². The molecule has 0 amide bonds. The van der Waals surface area contributed by atoms with Gasteiger partial charge in [0.25, 0.3) is 0 Å². The molecule has 3 heterocycles. The van der Waals surface area contributed by atoms with Crippen molar-refractivity contribution in [2.24, 2.45) is 5.10 Å². The van der Waals surface area contributed by atoms with Gasteiger partial charge < -0.3 is 9.32 Å². The standard InChI is InChI=1S/C30H30N4O/c1-3-33(4-2)26-16-11-23(12-17-26)13-18-27-22-25(15-19-28-9-7-21-35-28)32-34(27)30-20-14-24-8-5-6-10-29(24)31-30/h5-21,27H,3-4,22H2,1-2H3. The lowest BCUT2D eigenvalue weighted by Gasteiger charge is -2.21. The van der Waals surface area contributed by atoms with Crippen LogP contribution in [0.3, 0.4) is 0 Å². The number of aromatic nitrogens is 1. The molecule has 1 aliphatic heterocycles. The summed E-state index contributed by atoms with van der Waals surface area (Å²) in [5.41, 5.74) is 4.38. The quantitative estimate of drug-likeness (QED) is 0.282. The zero-order valence-corrected chi connectivity index (χ0v) is 20.2. The Balaban J connectivity index is 1.41. The second-order valence-electron chi connectivity index (χ2n) is 8.54. The third-order valence-electron chi connectivity index (χ3n) is 6.30. The van der Waals surface area contributed by atoms with Crippen LogP contribution in [0.5, 0.6) is 0 Å². The predicted octanol–water partition coefficient (Wildman–Crippen LogP) is 7.04. The number of rotatable bonds is 8. The van der Waals surface area contributed by atoms with Gasteiger partial charge in [-0.1, -0.05) is 42.5 Å². The van der Waals surface area contributed by atoms with E-state index >= 15 is 0 Å². The molecular weight excluding hydrogens is 432 g/mol. The Labute approximate surface area is 206 Å². The smallest absolute Gasteiger partial charge is 0.150 e. The summed E-state index contributed by atoms with van der Waals surface area (Å²) in [5, 5.41) is 8.06. The molecule has 5 rings (SSSR count). The van der Waals surface area contributed by atoms with E-state index in [0.29, 0.717) is 0 Å². The molecule has 1 atom stereocenters. The van der Waals surface area contributed by atoms with E-state index in [2.05, 4.69) is 67.3 Å². The zero-order chi connectivity index (χ0) is 24.0. The summed E-state index contributed by atoms with van der Waals surface area (Å²) < 4.78 is 5.44. The molecule has 0 N–H and O–H groups in total. The van der Waals surface area contributed by atoms with Crippen LogP contribution in [-0.4, -0.2) is 29.8 Å². The summed E-state index contributed by atoms with van der Waals surface area (Å²) in [5.74, 6) is 1.66. The van der Waals surface area contributed by atoms with Crippen molar-refractivity contribution in [2.45, 2.75) is 26.3 Å². The Hall–Kier alpha value is -4.12. The van der Waals surface area contributed by atoms with Gasteiger partial charge in [-0.05, 0) is 74.0 Å². The van der Waals surface area contributed by atoms with Crippen molar-refractivity contribution in [1.82, 2.24) is 4.98 Å². The van der Waals surface area contributed by atoms with Crippen LogP contribution in [0.1, 0.15) is 31.6 Å². The molecule has 0 spiro atoms. The Kier molecular flexibility index (Phi) is 6.75. The normalized spacial score (nSPS) is 16.0. The van der Waals surface area contributed by atoms with Crippen molar-refractivity contribution in [3.63, 3.8) is 0 Å². The lowest BCUT2D eigenvalue weighted by Crippen LogP contribution is -2.24. The van der Waals surface area contributed by atoms with Crippen molar-refractivity contribution in [2.75, 3.05) is 23.0 Å². The molecule has 0 radical (unpaired) electrons. The molecule has 0 bridgehead atoms. The molecule has 5 nitrogen and oxygen atoms in total. The first-order chi connectivity index (χ1) is 17.2. The van der Waals surface area contributed by atoms with Gasteiger partial charge in [0.2, 0.25) is 0 Å². The fourth-order valence-electron chi connectivity index (χ4n) is 4.38. The van der Waals surface area contributed by atoms with Gasteiger partial charge in [0, 0.05) is 30.6 Å². The van der Waals surface area contributed by atoms with E-state index in [1.165, 1.54) is 11.3 Å². The summed E-state index contributed by atoms with van der Waals surface area (Å²) >= 11 is 0. The predicted molar refractivity (Wildman–Crippen MR) is 147 cm³/mol. The number of fused-ring (bicyclic) bond motifs is 1. The number of nitrogens with zero attached hydrogens (tertiary/aromatic N) is 4. The van der Waals surface area contributed by atoms with E-state index in [4.69, 9.17) is 14.5 Å². The molecule has 0 aliphatic carbocycles. The summed E-state index contributed by atoms with van der Waals surface area (Å²) in [6.07, 6.45) is 10.9. The van der Waals surface area contributed by atoms with Crippen LogP contribution in [0.4, 0.5) is 11.5 Å². The van der Waals surface area contributed by atoms with E-state index in [1.807, 2.05) is 53.6 Å². The monoisotopic (exact) mass is 462 g/mol. The highest BCUT2D eigenvalue weighted by atomic mass is 16.3. The molecule has 176 valence electrons. The number of allylic oxidation sites excluding steroid dienone is 1. The third kappa shape index (κ3) is 5.19. The highest BCUT2D eigenvalue weighted by Gasteiger charge is 2.25. The SMILES string of the molecule is CCN(CC)c1ccc(C=CC2CC(C=Cc3ccco3)=NN2c2ccc3ccccc3n2)cc1. The summed E-state index contributed by atoms with van der Waals surface area (Å²) in [6.45, 7) is 6.38. The van der Waals surface area contributed by atoms with Crippen LogP contribution in [-0.2, 0) is 0 Å². The Morgan fingerprint density at radius 3 is 2.51 bits per heavy atom. The summed E-state index contributed by atoms with van der Waals surface area (Å²) in [7, 11) is 0. The van der Waals surface area contributed by atoms with Gasteiger partial charge in [0.05, 0.1) is 23.5 Å². The van der Waals surface area contributed by atoms with Crippen molar-refractivity contribution >= 4 is 40.3 Å². The minimum atomic E-state index is 0.0716. The van der Waals surface area contributed by atoms with Gasteiger partial charge in [-0.25, -0.2) is 9.99 Å². The fourth-order valence-corrected chi connectivity index (χ4v) is 4.38. The first-order valence-electron chi connectivity index (χ1n) is 12.2. The van der Waals surface area contributed by atoms with Crippen molar-refractivity contribution in [1.29, 1.82) is 0 Å². The molecule has 2 aromatic carbocycles. The third-order valence-corrected chi connectivity index (χ3v) is 6.30. The first kappa shape index (κ1) is 22.7. The fraction of sp³-hybridized carbons (Fsp3) is 0.200. The molecule has 1 aliphatic rings. The maximum absolute atomic E-state index is 5.44. The number of hydrogen-bond acceptors (Lipinski definition) is 5. The number of furan rings is 1. The lowest BCUT2D eigenvalue weighted by molar-refractivity contribution is 0.557. The second kappa shape index (κ2) is 10.4. The van der Waals surface area contributed by atoms with E-state index in [0.717, 1.165) is 47.7 Å². The molecule has 35 heavy (non-hydrogen) atoms. The summed E-state index contributed by atoms with van der Waals surface area (Å²) in [4.78, 5) is 7.24. The molecule has 2 aromatic heterocycles. The van der Waals surface area contributed by atoms with Crippen molar-refractivity contribution < 1.29 is 4.42 Å². The van der Waals surface area contributed by atoms with Gasteiger partial charge in [0.15, 0.2) is 0 Å². The number of pyridine rings is 1. The molecule has 5 heteroatoms. The van der Waals surface area contributed by atoms with Gasteiger partial charge in [-0.2, -0.15) is 5.10 Å². The number of hydrogen-bond donors (Lipinski definition) is 0. The topological polar surface area (TPSA) is 44.9 Å². The van der Waals surface area contributed by atoms with Crippen molar-refractivity contribution in [3.8, 4) is 0 Å². The number of benzene rings is 2. The lowest BCUT2D eigenvalue weighted by atomic mass is 10.1. The highest BCUT2D eigenvalue weighted by Crippen LogP contribution is 2.27. The van der Waals surface area contributed by atoms with Crippen LogP contribution in [0, 0.1) is 0 Å². The van der Waals surface area contributed by atoms with Crippen LogP contribution in [0.2, 0.25) is 0 Å². The maximum Gasteiger partial charge on any atom is 0.150 e. The van der Waals surface area contributed by atoms with Crippen LogP contribution >= 0.6 is 0 Å². The first-order valence-corrected chi connectivity index (χ1v) is 12.2. The van der Waals surface area contributed by atoms with Crippen LogP contribution in [0.15, 0.2) is 101 Å². The molecular formula is C30H30N4O. The molecule has 0 fully saturated rings. The Bertz CT molecular complexity index is 1350. The van der Waals surface area contributed by atoms with Crippen molar-refractivity contribution in [3.05, 3.63) is 103 Å². The van der Waals surface area contributed by atoms with Gasteiger partial charge in [-0.3, -0.25) is 0 Å². The van der Waals surface area contributed by atoms with E-state index in [1.54, 1.807) is 6.26 Å². The van der Waals surface area contributed by atoms with Gasteiger partial charge in [-0.15, -0.1) is 0 Å². The maximum atomic E-state index is 5.44. The molecule has 0 saturated carbocycles. The van der Waals surface area contributed by atoms with E-state index < -0.39 is 0 Å². The minimum Gasteiger partial charge on any atom is -0.465 e. The Morgan fingerprint density at radius 1 is 0.914 bits per heavy atom. The molecule has 0 saturated heterocycles. The van der Waals surface area contributed by atoms with Gasteiger partial charge in [0.1, 0.15) is 11.6 Å². The molecule has 4 aromatic rings. The number of para-hydroxylation sites is 1.